The SMILES string of the molecule is FC(F)(F)c1ccccc1CN=Nc1c(Cl)cccc1Cl. The van der Waals surface area contributed by atoms with E-state index in [2.05, 4.69) is 10.2 Å². The van der Waals surface area contributed by atoms with Crippen molar-refractivity contribution in [2.75, 3.05) is 0 Å². The molecular formula is C14H9Cl2F3N2. The lowest BCUT2D eigenvalue weighted by Gasteiger charge is -2.10. The molecule has 2 aromatic carbocycles. The zero-order chi connectivity index (χ0) is 15.5. The number of nitrogens with zero attached hydrogens (tertiary/aromatic N) is 2. The van der Waals surface area contributed by atoms with Crippen molar-refractivity contribution in [1.82, 2.24) is 0 Å². The Labute approximate surface area is 129 Å². The van der Waals surface area contributed by atoms with Crippen molar-refractivity contribution in [3.8, 4) is 0 Å². The zero-order valence-corrected chi connectivity index (χ0v) is 12.0. The van der Waals surface area contributed by atoms with Gasteiger partial charge in [0.2, 0.25) is 0 Å². The van der Waals surface area contributed by atoms with Gasteiger partial charge in [0, 0.05) is 0 Å². The largest absolute Gasteiger partial charge is 0.416 e. The lowest BCUT2D eigenvalue weighted by molar-refractivity contribution is -0.138. The number of halogens is 5. The van der Waals surface area contributed by atoms with Crippen molar-refractivity contribution in [1.29, 1.82) is 0 Å². The van der Waals surface area contributed by atoms with Crippen LogP contribution in [-0.4, -0.2) is 0 Å². The number of azo groups is 1. The van der Waals surface area contributed by atoms with Crippen molar-refractivity contribution in [2.24, 2.45) is 10.2 Å². The van der Waals surface area contributed by atoms with E-state index >= 15 is 0 Å². The number of hydrogen-bond acceptors (Lipinski definition) is 2. The number of rotatable bonds is 3. The fourth-order valence-corrected chi connectivity index (χ4v) is 2.17. The molecule has 2 rings (SSSR count). The fourth-order valence-electron chi connectivity index (χ4n) is 1.70. The smallest absolute Gasteiger partial charge is 0.184 e. The van der Waals surface area contributed by atoms with Gasteiger partial charge in [-0.1, -0.05) is 47.5 Å². The van der Waals surface area contributed by atoms with E-state index in [-0.39, 0.29) is 27.8 Å². The van der Waals surface area contributed by atoms with Gasteiger partial charge in [0.15, 0.2) is 0 Å². The summed E-state index contributed by atoms with van der Waals surface area (Å²) in [7, 11) is 0. The van der Waals surface area contributed by atoms with Crippen LogP contribution in [0.3, 0.4) is 0 Å². The maximum atomic E-state index is 12.8. The molecule has 0 bridgehead atoms. The van der Waals surface area contributed by atoms with Gasteiger partial charge < -0.3 is 0 Å². The molecule has 0 radical (unpaired) electrons. The number of hydrogen-bond donors (Lipinski definition) is 0. The third-order valence-corrected chi connectivity index (χ3v) is 3.28. The molecule has 0 spiro atoms. The summed E-state index contributed by atoms with van der Waals surface area (Å²) in [5.41, 5.74) is -0.448. The van der Waals surface area contributed by atoms with Gasteiger partial charge in [0.25, 0.3) is 0 Å². The molecule has 0 aliphatic carbocycles. The fraction of sp³-hybridized carbons (Fsp3) is 0.143. The Morgan fingerprint density at radius 2 is 1.52 bits per heavy atom. The van der Waals surface area contributed by atoms with Crippen LogP contribution < -0.4 is 0 Å². The predicted octanol–water partition coefficient (Wildman–Crippen LogP) is 6.30. The summed E-state index contributed by atoms with van der Waals surface area (Å²) in [6.07, 6.45) is -4.42. The van der Waals surface area contributed by atoms with Crippen molar-refractivity contribution in [3.63, 3.8) is 0 Å². The Morgan fingerprint density at radius 3 is 2.14 bits per heavy atom. The van der Waals surface area contributed by atoms with Gasteiger partial charge in [-0.25, -0.2) is 0 Å². The Kier molecular flexibility index (Phi) is 4.85. The van der Waals surface area contributed by atoms with E-state index in [4.69, 9.17) is 23.2 Å². The summed E-state index contributed by atoms with van der Waals surface area (Å²) in [5, 5.41) is 8.16. The Balaban J connectivity index is 2.23. The third-order valence-electron chi connectivity index (χ3n) is 2.67. The van der Waals surface area contributed by atoms with Gasteiger partial charge in [-0.2, -0.15) is 23.4 Å². The molecule has 0 fully saturated rings. The molecule has 2 aromatic rings. The first kappa shape index (κ1) is 15.8. The molecule has 0 saturated heterocycles. The van der Waals surface area contributed by atoms with E-state index in [1.54, 1.807) is 18.2 Å². The van der Waals surface area contributed by atoms with Crippen molar-refractivity contribution < 1.29 is 13.2 Å². The average molecular weight is 333 g/mol. The topological polar surface area (TPSA) is 24.7 Å². The molecule has 0 aliphatic heterocycles. The Hall–Kier alpha value is -1.59. The normalized spacial score (nSPS) is 12.0. The highest BCUT2D eigenvalue weighted by molar-refractivity contribution is 6.38. The molecule has 0 N–H and O–H groups in total. The first-order valence-electron chi connectivity index (χ1n) is 5.86. The predicted molar refractivity (Wildman–Crippen MR) is 76.1 cm³/mol. The second-order valence-electron chi connectivity index (χ2n) is 4.12. The molecule has 7 heteroatoms. The minimum Gasteiger partial charge on any atom is -0.184 e. The number of benzene rings is 2. The molecule has 0 saturated carbocycles. The van der Waals surface area contributed by atoms with Crippen LogP contribution in [-0.2, 0) is 12.7 Å². The second-order valence-corrected chi connectivity index (χ2v) is 4.94. The summed E-state index contributed by atoms with van der Waals surface area (Å²) in [6, 6.07) is 10.00. The van der Waals surface area contributed by atoms with Crippen LogP contribution in [0.5, 0.6) is 0 Å². The van der Waals surface area contributed by atoms with Gasteiger partial charge in [0.1, 0.15) is 5.69 Å². The van der Waals surface area contributed by atoms with E-state index in [1.807, 2.05) is 0 Å². The molecule has 21 heavy (non-hydrogen) atoms. The average Bonchev–Trinajstić information content (AvgIpc) is 2.41. The molecule has 110 valence electrons. The number of alkyl halides is 3. The van der Waals surface area contributed by atoms with Crippen molar-refractivity contribution >= 4 is 28.9 Å². The summed E-state index contributed by atoms with van der Waals surface area (Å²) in [6.45, 7) is -0.211. The molecule has 0 unspecified atom stereocenters. The van der Waals surface area contributed by atoms with Crippen LogP contribution in [0.2, 0.25) is 10.0 Å². The lowest BCUT2D eigenvalue weighted by atomic mass is 10.1. The van der Waals surface area contributed by atoms with E-state index in [9.17, 15) is 13.2 Å². The standard InChI is InChI=1S/C14H9Cl2F3N2/c15-11-6-3-7-12(16)13(11)21-20-8-9-4-1-2-5-10(9)14(17,18)19/h1-7H,8H2. The highest BCUT2D eigenvalue weighted by Crippen LogP contribution is 2.34. The van der Waals surface area contributed by atoms with Crippen molar-refractivity contribution in [3.05, 3.63) is 63.6 Å². The zero-order valence-electron chi connectivity index (χ0n) is 10.5. The summed E-state index contributed by atoms with van der Waals surface area (Å²) < 4.78 is 38.4. The second kappa shape index (κ2) is 6.45. The Bertz CT molecular complexity index is 649. The summed E-state index contributed by atoms with van der Waals surface area (Å²) >= 11 is 11.8. The minimum absolute atomic E-state index is 0.0388. The van der Waals surface area contributed by atoms with E-state index in [0.717, 1.165) is 6.07 Å². The van der Waals surface area contributed by atoms with Crippen LogP contribution >= 0.6 is 23.2 Å². The van der Waals surface area contributed by atoms with Gasteiger partial charge in [-0.15, -0.1) is 0 Å². The molecule has 0 heterocycles. The van der Waals surface area contributed by atoms with Crippen LogP contribution in [0, 0.1) is 0 Å². The highest BCUT2D eigenvalue weighted by Gasteiger charge is 2.32. The van der Waals surface area contributed by atoms with Crippen molar-refractivity contribution in [2.45, 2.75) is 12.7 Å². The first-order chi connectivity index (χ1) is 9.89. The van der Waals surface area contributed by atoms with Crippen LogP contribution in [0.25, 0.3) is 0 Å². The highest BCUT2D eigenvalue weighted by atomic mass is 35.5. The molecule has 0 aliphatic rings. The molecule has 0 amide bonds. The Morgan fingerprint density at radius 1 is 0.905 bits per heavy atom. The van der Waals surface area contributed by atoms with Gasteiger partial charge >= 0.3 is 6.18 Å². The van der Waals surface area contributed by atoms with Gasteiger partial charge in [-0.3, -0.25) is 0 Å². The first-order valence-corrected chi connectivity index (χ1v) is 6.62. The van der Waals surface area contributed by atoms with Gasteiger partial charge in [0.05, 0.1) is 22.2 Å². The molecule has 0 aromatic heterocycles. The van der Waals surface area contributed by atoms with Crippen LogP contribution in [0.4, 0.5) is 18.9 Å². The van der Waals surface area contributed by atoms with E-state index in [1.165, 1.54) is 18.2 Å². The monoisotopic (exact) mass is 332 g/mol. The van der Waals surface area contributed by atoms with Crippen LogP contribution in [0.1, 0.15) is 11.1 Å². The van der Waals surface area contributed by atoms with Crippen LogP contribution in [0.15, 0.2) is 52.7 Å². The molecule has 2 nitrogen and oxygen atoms in total. The summed E-state index contributed by atoms with van der Waals surface area (Å²) in [5.74, 6) is 0. The quantitative estimate of drug-likeness (QED) is 0.589. The summed E-state index contributed by atoms with van der Waals surface area (Å²) in [4.78, 5) is 0. The van der Waals surface area contributed by atoms with E-state index < -0.39 is 11.7 Å². The molecular weight excluding hydrogens is 324 g/mol. The van der Waals surface area contributed by atoms with Gasteiger partial charge in [-0.05, 0) is 23.8 Å². The maximum absolute atomic E-state index is 12.8. The molecule has 0 atom stereocenters. The minimum atomic E-state index is -4.42. The van der Waals surface area contributed by atoms with E-state index in [0.29, 0.717) is 0 Å². The third kappa shape index (κ3) is 3.95. The maximum Gasteiger partial charge on any atom is 0.416 e. The lowest BCUT2D eigenvalue weighted by Crippen LogP contribution is -2.08.